The van der Waals surface area contributed by atoms with Gasteiger partial charge in [0.2, 0.25) is 0 Å². The first kappa shape index (κ1) is 23.2. The number of piperidine rings is 1. The maximum atomic E-state index is 13.3. The third-order valence-electron chi connectivity index (χ3n) is 6.38. The number of β-amino-alcohol motifs (C(OH)–C–C–N with tert-alkyl or cyclic N) is 1. The van der Waals surface area contributed by atoms with Crippen LogP contribution in [0.3, 0.4) is 0 Å². The van der Waals surface area contributed by atoms with E-state index >= 15 is 0 Å². The summed E-state index contributed by atoms with van der Waals surface area (Å²) in [6.45, 7) is 3.35. The fraction of sp³-hybridized carbons (Fsp3) is 0.545. The number of hydrogen-bond donors (Lipinski definition) is 4. The molecule has 0 unspecified atom stereocenters. The van der Waals surface area contributed by atoms with Gasteiger partial charge in [-0.25, -0.2) is 0 Å². The van der Waals surface area contributed by atoms with E-state index in [1.165, 1.54) is 0 Å². The van der Waals surface area contributed by atoms with Crippen LogP contribution in [0, 0.1) is 17.2 Å². The minimum absolute atomic E-state index is 0.163. The maximum absolute atomic E-state index is 13.3. The zero-order chi connectivity index (χ0) is 23.6. The van der Waals surface area contributed by atoms with Gasteiger partial charge in [0.25, 0.3) is 0 Å². The van der Waals surface area contributed by atoms with Crippen molar-refractivity contribution >= 4 is 23.6 Å². The third kappa shape index (κ3) is 5.02. The van der Waals surface area contributed by atoms with E-state index in [-0.39, 0.29) is 13.2 Å². The Morgan fingerprint density at radius 3 is 2.73 bits per heavy atom. The molecule has 0 bridgehead atoms. The number of aliphatic hydroxyl groups excluding tert-OH is 1. The van der Waals surface area contributed by atoms with Gasteiger partial charge in [0.05, 0.1) is 36.1 Å². The summed E-state index contributed by atoms with van der Waals surface area (Å²) in [5, 5.41) is 24.8. The van der Waals surface area contributed by atoms with Crippen molar-refractivity contribution in [3.8, 4) is 6.07 Å². The first-order valence-corrected chi connectivity index (χ1v) is 11.0. The lowest BCUT2D eigenvalue weighted by Gasteiger charge is -2.32. The lowest BCUT2D eigenvalue weighted by molar-refractivity contribution is -0.0909. The van der Waals surface area contributed by atoms with Crippen LogP contribution in [0.4, 0.5) is 19.0 Å². The van der Waals surface area contributed by atoms with Crippen molar-refractivity contribution in [3.63, 3.8) is 0 Å². The van der Waals surface area contributed by atoms with E-state index in [9.17, 15) is 18.4 Å². The number of guanidine groups is 1. The molecule has 0 atom stereocenters. The molecule has 4 N–H and O–H groups in total. The average Bonchev–Trinajstić information content (AvgIpc) is 3.22. The fourth-order valence-corrected chi connectivity index (χ4v) is 4.43. The Bertz CT molecular complexity index is 1010. The van der Waals surface area contributed by atoms with Crippen LogP contribution in [0.5, 0.6) is 0 Å². The number of hydrogen-bond acceptors (Lipinski definition) is 5. The van der Waals surface area contributed by atoms with Gasteiger partial charge < -0.3 is 30.5 Å². The van der Waals surface area contributed by atoms with Crippen molar-refractivity contribution in [2.45, 2.75) is 19.0 Å². The number of aromatic nitrogens is 1. The monoisotopic (exact) mass is 463 g/mol. The predicted molar refractivity (Wildman–Crippen MR) is 120 cm³/mol. The predicted octanol–water partition coefficient (Wildman–Crippen LogP) is 2.22. The molecule has 11 heteroatoms. The molecule has 33 heavy (non-hydrogen) atoms. The first-order chi connectivity index (χ1) is 15.8. The Labute approximate surface area is 190 Å². The van der Waals surface area contributed by atoms with E-state index < -0.39 is 11.7 Å². The van der Waals surface area contributed by atoms with E-state index in [0.717, 1.165) is 32.0 Å². The number of halogens is 3. The highest BCUT2D eigenvalue weighted by Crippen LogP contribution is 2.37. The van der Waals surface area contributed by atoms with Crippen LogP contribution >= 0.6 is 0 Å². The number of nitrogens with zero attached hydrogens (tertiary/aromatic N) is 4. The molecule has 3 aliphatic rings. The van der Waals surface area contributed by atoms with E-state index in [4.69, 9.17) is 10.1 Å². The number of rotatable bonds is 5. The van der Waals surface area contributed by atoms with Gasteiger partial charge in [-0.2, -0.15) is 18.4 Å². The number of aliphatic hydroxyl groups is 1. The largest absolute Gasteiger partial charge is 0.414 e. The Morgan fingerprint density at radius 1 is 1.30 bits per heavy atom. The SMILES string of the molecule is CN1CC(C#N)=C(c2c[nH]c3c2C=C(C(F)(F)F)CN3)NC1=NCC1CCN(CCO)CC1. The van der Waals surface area contributed by atoms with Crippen LogP contribution in [-0.4, -0.2) is 84.9 Å². The van der Waals surface area contributed by atoms with Crippen molar-refractivity contribution in [1.29, 1.82) is 5.26 Å². The van der Waals surface area contributed by atoms with Crippen molar-refractivity contribution < 1.29 is 18.3 Å². The lowest BCUT2D eigenvalue weighted by atomic mass is 9.97. The van der Waals surface area contributed by atoms with Crippen molar-refractivity contribution in [2.75, 3.05) is 58.2 Å². The topological polar surface area (TPSA) is 103 Å². The molecular formula is C22H28F3N7O. The molecule has 1 fully saturated rings. The zero-order valence-electron chi connectivity index (χ0n) is 18.5. The molecule has 1 aromatic heterocycles. The molecule has 8 nitrogen and oxygen atoms in total. The summed E-state index contributed by atoms with van der Waals surface area (Å²) in [7, 11) is 1.83. The Morgan fingerprint density at radius 2 is 2.06 bits per heavy atom. The minimum Gasteiger partial charge on any atom is -0.395 e. The van der Waals surface area contributed by atoms with Gasteiger partial charge >= 0.3 is 6.18 Å². The quantitative estimate of drug-likeness (QED) is 0.534. The molecule has 0 amide bonds. The number of fused-ring (bicyclic) bond motifs is 1. The molecule has 4 heterocycles. The summed E-state index contributed by atoms with van der Waals surface area (Å²) in [6.07, 6.45) is 0.318. The highest BCUT2D eigenvalue weighted by Gasteiger charge is 2.36. The number of likely N-dealkylation sites (N-methyl/N-ethyl adjacent to an activating group) is 1. The number of alkyl halides is 3. The van der Waals surface area contributed by atoms with Crippen molar-refractivity contribution in [2.24, 2.45) is 10.9 Å². The molecule has 0 radical (unpaired) electrons. The lowest BCUT2D eigenvalue weighted by Crippen LogP contribution is -2.44. The Kier molecular flexibility index (Phi) is 6.67. The summed E-state index contributed by atoms with van der Waals surface area (Å²) in [5.41, 5.74) is 1.14. The summed E-state index contributed by atoms with van der Waals surface area (Å²) >= 11 is 0. The smallest absolute Gasteiger partial charge is 0.395 e. The highest BCUT2D eigenvalue weighted by molar-refractivity contribution is 5.96. The highest BCUT2D eigenvalue weighted by atomic mass is 19.4. The average molecular weight is 464 g/mol. The van der Waals surface area contributed by atoms with Gasteiger partial charge in [-0.15, -0.1) is 0 Å². The minimum atomic E-state index is -4.43. The fourth-order valence-electron chi connectivity index (χ4n) is 4.43. The van der Waals surface area contributed by atoms with Crippen LogP contribution in [0.25, 0.3) is 11.8 Å². The van der Waals surface area contributed by atoms with E-state index in [1.807, 2.05) is 11.9 Å². The summed E-state index contributed by atoms with van der Waals surface area (Å²) in [6, 6.07) is 2.18. The summed E-state index contributed by atoms with van der Waals surface area (Å²) < 4.78 is 39.8. The molecule has 178 valence electrons. The molecule has 1 saturated heterocycles. The Balaban J connectivity index is 1.54. The third-order valence-corrected chi connectivity index (χ3v) is 6.38. The molecule has 0 saturated carbocycles. The van der Waals surface area contributed by atoms with Gasteiger partial charge in [0.1, 0.15) is 5.82 Å². The summed E-state index contributed by atoms with van der Waals surface area (Å²) in [5.74, 6) is 1.52. The van der Waals surface area contributed by atoms with E-state index in [0.29, 0.717) is 59.7 Å². The van der Waals surface area contributed by atoms with Gasteiger partial charge in [0, 0.05) is 44.0 Å². The molecular weight excluding hydrogens is 435 g/mol. The number of anilines is 1. The number of H-pyrrole nitrogens is 1. The summed E-state index contributed by atoms with van der Waals surface area (Å²) in [4.78, 5) is 11.8. The number of aromatic amines is 1. The zero-order valence-corrected chi connectivity index (χ0v) is 18.5. The Hall–Kier alpha value is -2.97. The molecule has 0 aliphatic carbocycles. The van der Waals surface area contributed by atoms with E-state index in [2.05, 4.69) is 26.6 Å². The molecule has 0 aromatic carbocycles. The van der Waals surface area contributed by atoms with Gasteiger partial charge in [0.15, 0.2) is 5.96 Å². The van der Waals surface area contributed by atoms with Gasteiger partial charge in [-0.1, -0.05) is 0 Å². The number of nitriles is 1. The number of nitrogens with one attached hydrogen (secondary N) is 3. The maximum Gasteiger partial charge on any atom is 0.414 e. The van der Waals surface area contributed by atoms with Crippen LogP contribution in [-0.2, 0) is 0 Å². The standard InChI is InChI=1S/C22H28F3N7O/c1-31-13-15(9-26)19(18-12-28-20-17(18)8-16(11-27-20)22(23,24)25)30-21(31)29-10-14-2-4-32(5-3-14)6-7-33/h8,12,14,27-28,33H,2-7,10-11,13H2,1H3,(H,29,30). The van der Waals surface area contributed by atoms with Crippen LogP contribution in [0.15, 0.2) is 22.3 Å². The van der Waals surface area contributed by atoms with Gasteiger partial charge in [-0.3, -0.25) is 4.99 Å². The van der Waals surface area contributed by atoms with Crippen LogP contribution in [0.2, 0.25) is 0 Å². The second kappa shape index (κ2) is 9.49. The first-order valence-electron chi connectivity index (χ1n) is 11.0. The van der Waals surface area contributed by atoms with Crippen molar-refractivity contribution in [1.82, 2.24) is 20.1 Å². The second-order valence-corrected chi connectivity index (χ2v) is 8.63. The molecule has 4 rings (SSSR count). The normalized spacial score (nSPS) is 21.4. The van der Waals surface area contributed by atoms with E-state index in [1.54, 1.807) is 6.20 Å². The number of likely N-dealkylation sites (tertiary alicyclic amines) is 1. The number of aliphatic imine (C=N–C) groups is 1. The van der Waals surface area contributed by atoms with Crippen LogP contribution in [0.1, 0.15) is 24.0 Å². The molecule has 1 aromatic rings. The van der Waals surface area contributed by atoms with Crippen LogP contribution < -0.4 is 10.6 Å². The molecule has 0 spiro atoms. The van der Waals surface area contributed by atoms with Crippen molar-refractivity contribution in [3.05, 3.63) is 28.5 Å². The van der Waals surface area contributed by atoms with Gasteiger partial charge in [-0.05, 0) is 37.9 Å². The molecule has 3 aliphatic heterocycles. The second-order valence-electron chi connectivity index (χ2n) is 8.63.